The van der Waals surface area contributed by atoms with Crippen molar-refractivity contribution in [2.45, 2.75) is 79.1 Å². The lowest BCUT2D eigenvalue weighted by molar-refractivity contribution is 0.835. The quantitative estimate of drug-likeness (QED) is 0.417. The number of rotatable bonds is 7. The zero-order valence-electron chi connectivity index (χ0n) is 20.5. The van der Waals surface area contributed by atoms with E-state index < -0.39 is 0 Å². The number of para-hydroxylation sites is 1. The van der Waals surface area contributed by atoms with Crippen molar-refractivity contribution >= 4 is 11.5 Å². The Hall–Kier alpha value is -2.61. The van der Waals surface area contributed by atoms with Crippen molar-refractivity contribution in [3.05, 3.63) is 76.9 Å². The highest BCUT2D eigenvalue weighted by Crippen LogP contribution is 2.37. The van der Waals surface area contributed by atoms with Crippen LogP contribution in [0.2, 0.25) is 0 Å². The predicted molar refractivity (Wildman–Crippen MR) is 136 cm³/mol. The molecular formula is C29H38N2. The summed E-state index contributed by atoms with van der Waals surface area (Å²) in [5, 5.41) is 3.70. The molecule has 1 aromatic heterocycles. The molecule has 0 unspecified atom stereocenters. The Morgan fingerprint density at radius 1 is 0.548 bits per heavy atom. The molecule has 0 bridgehead atoms. The van der Waals surface area contributed by atoms with Crippen LogP contribution >= 0.6 is 0 Å². The minimum absolute atomic E-state index is 0.443. The Kier molecular flexibility index (Phi) is 7.20. The molecule has 2 aromatic carbocycles. The number of nitrogens with one attached hydrogen (secondary N) is 1. The first-order chi connectivity index (χ1) is 14.7. The van der Waals surface area contributed by atoms with Gasteiger partial charge < -0.3 is 5.32 Å². The normalized spacial score (nSPS) is 11.7. The summed E-state index contributed by atoms with van der Waals surface area (Å²) in [6, 6.07) is 19.7. The molecule has 1 heterocycles. The molecule has 3 aromatic rings. The van der Waals surface area contributed by atoms with Crippen molar-refractivity contribution in [3.63, 3.8) is 0 Å². The second kappa shape index (κ2) is 9.68. The first-order valence-corrected chi connectivity index (χ1v) is 11.7. The van der Waals surface area contributed by atoms with Crippen molar-refractivity contribution in [2.75, 3.05) is 5.32 Å². The summed E-state index contributed by atoms with van der Waals surface area (Å²) < 4.78 is 0. The van der Waals surface area contributed by atoms with Gasteiger partial charge in [0.1, 0.15) is 5.82 Å². The fourth-order valence-corrected chi connectivity index (χ4v) is 4.31. The number of benzene rings is 2. The SMILES string of the molecule is CC(C)c1cccc(C(C)C)c1Nc1cccc(-c2c(C(C)C)cccc2C(C)C)n1. The number of pyridine rings is 1. The van der Waals surface area contributed by atoms with Crippen LogP contribution in [0.3, 0.4) is 0 Å². The minimum Gasteiger partial charge on any atom is -0.340 e. The van der Waals surface area contributed by atoms with Crippen LogP contribution in [0.1, 0.15) is 101 Å². The van der Waals surface area contributed by atoms with Gasteiger partial charge in [-0.25, -0.2) is 4.98 Å². The van der Waals surface area contributed by atoms with Gasteiger partial charge in [-0.05, 0) is 58.1 Å². The maximum absolute atomic E-state index is 5.11. The molecule has 0 atom stereocenters. The Morgan fingerprint density at radius 2 is 0.968 bits per heavy atom. The van der Waals surface area contributed by atoms with E-state index in [0.717, 1.165) is 11.5 Å². The van der Waals surface area contributed by atoms with Crippen molar-refractivity contribution in [3.8, 4) is 11.3 Å². The molecule has 0 saturated heterocycles. The van der Waals surface area contributed by atoms with Gasteiger partial charge in [-0.1, -0.05) is 97.9 Å². The first kappa shape index (κ1) is 23.1. The monoisotopic (exact) mass is 414 g/mol. The van der Waals surface area contributed by atoms with Gasteiger partial charge in [-0.2, -0.15) is 0 Å². The van der Waals surface area contributed by atoms with Crippen molar-refractivity contribution in [1.82, 2.24) is 4.98 Å². The third kappa shape index (κ3) is 5.01. The van der Waals surface area contributed by atoms with Crippen LogP contribution in [0.25, 0.3) is 11.3 Å². The Balaban J connectivity index is 2.12. The Morgan fingerprint density at radius 3 is 1.42 bits per heavy atom. The molecule has 0 aliphatic rings. The average Bonchev–Trinajstić information content (AvgIpc) is 2.73. The largest absolute Gasteiger partial charge is 0.340 e. The summed E-state index contributed by atoms with van der Waals surface area (Å²) >= 11 is 0. The second-order valence-corrected chi connectivity index (χ2v) is 9.77. The van der Waals surface area contributed by atoms with Crippen molar-refractivity contribution in [2.24, 2.45) is 0 Å². The topological polar surface area (TPSA) is 24.9 Å². The van der Waals surface area contributed by atoms with Crippen LogP contribution in [-0.2, 0) is 0 Å². The number of aromatic nitrogens is 1. The third-order valence-corrected chi connectivity index (χ3v) is 6.00. The van der Waals surface area contributed by atoms with Gasteiger partial charge in [-0.15, -0.1) is 0 Å². The summed E-state index contributed by atoms with van der Waals surface area (Å²) in [5.74, 6) is 2.68. The van der Waals surface area contributed by atoms with E-state index in [1.54, 1.807) is 0 Å². The maximum atomic E-state index is 5.11. The van der Waals surface area contributed by atoms with E-state index in [2.05, 4.69) is 115 Å². The summed E-state index contributed by atoms with van der Waals surface area (Å²) in [6.07, 6.45) is 0. The minimum atomic E-state index is 0.443. The lowest BCUT2D eigenvalue weighted by Gasteiger charge is -2.22. The Labute approximate surface area is 189 Å². The molecule has 0 aliphatic carbocycles. The number of hydrogen-bond acceptors (Lipinski definition) is 2. The average molecular weight is 415 g/mol. The van der Waals surface area contributed by atoms with Gasteiger partial charge in [0.15, 0.2) is 0 Å². The highest BCUT2D eigenvalue weighted by atomic mass is 15.0. The standard InChI is InChI=1S/C29H38N2/c1-18(2)22-12-9-13-23(19(3)4)28(22)26-16-11-17-27(30-26)31-29-24(20(5)6)14-10-15-25(29)21(7)8/h9-21H,1-8H3,(H,30,31). The van der Waals surface area contributed by atoms with Gasteiger partial charge in [0.2, 0.25) is 0 Å². The van der Waals surface area contributed by atoms with Crippen LogP contribution in [0.4, 0.5) is 11.5 Å². The van der Waals surface area contributed by atoms with Gasteiger partial charge in [-0.3, -0.25) is 0 Å². The van der Waals surface area contributed by atoms with E-state index >= 15 is 0 Å². The highest BCUT2D eigenvalue weighted by Gasteiger charge is 2.18. The fraction of sp³-hybridized carbons (Fsp3) is 0.414. The fourth-order valence-electron chi connectivity index (χ4n) is 4.31. The number of nitrogens with zero attached hydrogens (tertiary/aromatic N) is 1. The molecular weight excluding hydrogens is 376 g/mol. The van der Waals surface area contributed by atoms with E-state index in [4.69, 9.17) is 4.98 Å². The molecule has 0 spiro atoms. The smallest absolute Gasteiger partial charge is 0.131 e. The van der Waals surface area contributed by atoms with E-state index in [1.165, 1.54) is 33.5 Å². The second-order valence-electron chi connectivity index (χ2n) is 9.77. The van der Waals surface area contributed by atoms with Crippen LogP contribution in [-0.4, -0.2) is 4.98 Å². The summed E-state index contributed by atoms with van der Waals surface area (Å²) in [6.45, 7) is 18.1. The molecule has 1 N–H and O–H groups in total. The van der Waals surface area contributed by atoms with Crippen molar-refractivity contribution in [1.29, 1.82) is 0 Å². The van der Waals surface area contributed by atoms with Gasteiger partial charge in [0, 0.05) is 11.3 Å². The molecule has 3 rings (SSSR count). The number of anilines is 2. The molecule has 0 amide bonds. The molecule has 0 saturated carbocycles. The first-order valence-electron chi connectivity index (χ1n) is 11.7. The number of hydrogen-bond donors (Lipinski definition) is 1. The van der Waals surface area contributed by atoms with Gasteiger partial charge in [0.25, 0.3) is 0 Å². The molecule has 0 fully saturated rings. The van der Waals surface area contributed by atoms with Crippen molar-refractivity contribution < 1.29 is 0 Å². The highest BCUT2D eigenvalue weighted by molar-refractivity contribution is 5.73. The van der Waals surface area contributed by atoms with Crippen LogP contribution < -0.4 is 5.32 Å². The molecule has 0 radical (unpaired) electrons. The molecule has 2 heteroatoms. The van der Waals surface area contributed by atoms with E-state index in [1.807, 2.05) is 0 Å². The molecule has 164 valence electrons. The van der Waals surface area contributed by atoms with Crippen LogP contribution in [0.5, 0.6) is 0 Å². The molecule has 2 nitrogen and oxygen atoms in total. The third-order valence-electron chi connectivity index (χ3n) is 6.00. The molecule has 31 heavy (non-hydrogen) atoms. The van der Waals surface area contributed by atoms with Gasteiger partial charge in [0.05, 0.1) is 5.69 Å². The zero-order valence-corrected chi connectivity index (χ0v) is 20.5. The maximum Gasteiger partial charge on any atom is 0.131 e. The molecule has 0 aliphatic heterocycles. The van der Waals surface area contributed by atoms with Crippen LogP contribution in [0, 0.1) is 0 Å². The van der Waals surface area contributed by atoms with E-state index in [-0.39, 0.29) is 0 Å². The Bertz CT molecular complexity index is 976. The van der Waals surface area contributed by atoms with E-state index in [0.29, 0.717) is 23.7 Å². The summed E-state index contributed by atoms with van der Waals surface area (Å²) in [7, 11) is 0. The van der Waals surface area contributed by atoms with Gasteiger partial charge >= 0.3 is 0 Å². The van der Waals surface area contributed by atoms with Crippen LogP contribution in [0.15, 0.2) is 54.6 Å². The lowest BCUT2D eigenvalue weighted by atomic mass is 9.87. The summed E-state index contributed by atoms with van der Waals surface area (Å²) in [4.78, 5) is 5.11. The van der Waals surface area contributed by atoms with E-state index in [9.17, 15) is 0 Å². The zero-order chi connectivity index (χ0) is 22.7. The summed E-state index contributed by atoms with van der Waals surface area (Å²) in [5.41, 5.74) is 8.94. The predicted octanol–water partition coefficient (Wildman–Crippen LogP) is 8.99. The lowest BCUT2D eigenvalue weighted by Crippen LogP contribution is -2.06.